The van der Waals surface area contributed by atoms with Crippen LogP contribution in [0.4, 0.5) is 5.69 Å². The van der Waals surface area contributed by atoms with E-state index in [1.54, 1.807) is 0 Å². The Morgan fingerprint density at radius 2 is 2.16 bits per heavy atom. The van der Waals surface area contributed by atoms with E-state index < -0.39 is 0 Å². The van der Waals surface area contributed by atoms with Crippen molar-refractivity contribution in [2.45, 2.75) is 26.3 Å². The number of carbonyl (C=O) groups is 1. The van der Waals surface area contributed by atoms with Gasteiger partial charge in [-0.15, -0.1) is 0 Å². The van der Waals surface area contributed by atoms with Gasteiger partial charge < -0.3 is 10.2 Å². The Kier molecular flexibility index (Phi) is 5.14. The topological polar surface area (TPSA) is 32.3 Å². The first-order valence-electron chi connectivity index (χ1n) is 6.95. The first kappa shape index (κ1) is 14.3. The lowest BCUT2D eigenvalue weighted by molar-refractivity contribution is 0.0716. The van der Waals surface area contributed by atoms with Gasteiger partial charge in [-0.3, -0.25) is 4.79 Å². The molecule has 0 aromatic heterocycles. The van der Waals surface area contributed by atoms with Gasteiger partial charge in [-0.05, 0) is 37.6 Å². The van der Waals surface area contributed by atoms with Crippen LogP contribution in [0.25, 0.3) is 0 Å². The molecule has 4 heteroatoms. The van der Waals surface area contributed by atoms with E-state index in [1.807, 2.05) is 40.9 Å². The number of rotatable bonds is 4. The summed E-state index contributed by atoms with van der Waals surface area (Å²) < 4.78 is 0. The predicted molar refractivity (Wildman–Crippen MR) is 83.0 cm³/mol. The quantitative estimate of drug-likeness (QED) is 0.918. The molecule has 1 atom stereocenters. The Morgan fingerprint density at radius 3 is 2.79 bits per heavy atom. The first-order chi connectivity index (χ1) is 9.22. The zero-order chi connectivity index (χ0) is 13.7. The highest BCUT2D eigenvalue weighted by Crippen LogP contribution is 2.19. The lowest BCUT2D eigenvalue weighted by atomic mass is 10.1. The monoisotopic (exact) mass is 278 g/mol. The van der Waals surface area contributed by atoms with Crippen molar-refractivity contribution < 1.29 is 4.79 Å². The van der Waals surface area contributed by atoms with Crippen LogP contribution in [0, 0.1) is 0 Å². The minimum Gasteiger partial charge on any atom is -0.385 e. The molecule has 1 amide bonds. The van der Waals surface area contributed by atoms with E-state index in [-0.39, 0.29) is 5.91 Å². The molecule has 0 bridgehead atoms. The Hall–Kier alpha value is -1.16. The van der Waals surface area contributed by atoms with Crippen LogP contribution in [0.15, 0.2) is 24.3 Å². The molecule has 0 saturated carbocycles. The number of anilines is 1. The molecule has 1 saturated heterocycles. The SMILES string of the molecule is CCCNc1ccc(C(=O)N2CCSCC2C)cc1. The third-order valence-corrected chi connectivity index (χ3v) is 4.53. The van der Waals surface area contributed by atoms with Gasteiger partial charge in [0.15, 0.2) is 0 Å². The number of carbonyl (C=O) groups excluding carboxylic acids is 1. The lowest BCUT2D eigenvalue weighted by Crippen LogP contribution is -2.44. The molecule has 1 aromatic rings. The smallest absolute Gasteiger partial charge is 0.254 e. The first-order valence-corrected chi connectivity index (χ1v) is 8.10. The van der Waals surface area contributed by atoms with Gasteiger partial charge in [0.25, 0.3) is 5.91 Å². The van der Waals surface area contributed by atoms with Crippen molar-refractivity contribution in [3.05, 3.63) is 29.8 Å². The molecule has 1 N–H and O–H groups in total. The Bertz CT molecular complexity index is 419. The van der Waals surface area contributed by atoms with Crippen LogP contribution in [-0.4, -0.2) is 41.4 Å². The van der Waals surface area contributed by atoms with Gasteiger partial charge in [0.1, 0.15) is 0 Å². The molecule has 2 rings (SSSR count). The van der Waals surface area contributed by atoms with Crippen LogP contribution in [0.3, 0.4) is 0 Å². The van der Waals surface area contributed by atoms with Crippen LogP contribution in [0.2, 0.25) is 0 Å². The summed E-state index contributed by atoms with van der Waals surface area (Å²) in [4.78, 5) is 14.4. The summed E-state index contributed by atoms with van der Waals surface area (Å²) >= 11 is 1.93. The van der Waals surface area contributed by atoms with Crippen molar-refractivity contribution in [2.24, 2.45) is 0 Å². The maximum absolute atomic E-state index is 12.4. The molecule has 19 heavy (non-hydrogen) atoms. The number of hydrogen-bond donors (Lipinski definition) is 1. The van der Waals surface area contributed by atoms with Gasteiger partial charge in [0.05, 0.1) is 0 Å². The molecule has 104 valence electrons. The molecule has 1 aromatic carbocycles. The molecular formula is C15H22N2OS. The molecule has 0 aliphatic carbocycles. The van der Waals surface area contributed by atoms with Crippen molar-refractivity contribution >= 4 is 23.4 Å². The van der Waals surface area contributed by atoms with Crippen LogP contribution in [0.5, 0.6) is 0 Å². The summed E-state index contributed by atoms with van der Waals surface area (Å²) in [5.74, 6) is 2.25. The van der Waals surface area contributed by atoms with Crippen LogP contribution in [-0.2, 0) is 0 Å². The summed E-state index contributed by atoms with van der Waals surface area (Å²) in [6.45, 7) is 6.09. The summed E-state index contributed by atoms with van der Waals surface area (Å²) in [5.41, 5.74) is 1.88. The van der Waals surface area contributed by atoms with E-state index in [0.717, 1.165) is 42.3 Å². The van der Waals surface area contributed by atoms with Crippen molar-refractivity contribution in [3.8, 4) is 0 Å². The van der Waals surface area contributed by atoms with Gasteiger partial charge >= 0.3 is 0 Å². The van der Waals surface area contributed by atoms with Crippen molar-refractivity contribution in [1.29, 1.82) is 0 Å². The minimum absolute atomic E-state index is 0.162. The maximum atomic E-state index is 12.4. The van der Waals surface area contributed by atoms with Gasteiger partial charge in [-0.25, -0.2) is 0 Å². The second kappa shape index (κ2) is 6.85. The zero-order valence-electron chi connectivity index (χ0n) is 11.7. The molecule has 1 heterocycles. The number of hydrogen-bond acceptors (Lipinski definition) is 3. The third-order valence-electron chi connectivity index (χ3n) is 3.34. The number of amides is 1. The molecule has 1 aliphatic heterocycles. The second-order valence-corrected chi connectivity index (χ2v) is 6.08. The fourth-order valence-corrected chi connectivity index (χ4v) is 3.21. The van der Waals surface area contributed by atoms with E-state index >= 15 is 0 Å². The Morgan fingerprint density at radius 1 is 1.42 bits per heavy atom. The fraction of sp³-hybridized carbons (Fsp3) is 0.533. The second-order valence-electron chi connectivity index (χ2n) is 4.93. The summed E-state index contributed by atoms with van der Waals surface area (Å²) in [5, 5.41) is 3.32. The molecule has 0 radical (unpaired) electrons. The standard InChI is InChI=1S/C15H22N2OS/c1-3-8-16-14-6-4-13(5-7-14)15(18)17-9-10-19-11-12(17)2/h4-7,12,16H,3,8-11H2,1-2H3. The van der Waals surface area contributed by atoms with Gasteiger partial charge in [0, 0.05) is 41.9 Å². The van der Waals surface area contributed by atoms with Crippen molar-refractivity contribution in [1.82, 2.24) is 4.90 Å². The van der Waals surface area contributed by atoms with E-state index in [0.29, 0.717) is 6.04 Å². The average molecular weight is 278 g/mol. The normalized spacial score (nSPS) is 19.3. The Balaban J connectivity index is 2.02. The number of nitrogens with one attached hydrogen (secondary N) is 1. The van der Waals surface area contributed by atoms with E-state index in [2.05, 4.69) is 19.2 Å². The summed E-state index contributed by atoms with van der Waals surface area (Å²) in [6.07, 6.45) is 1.10. The average Bonchev–Trinajstić information content (AvgIpc) is 2.45. The zero-order valence-corrected chi connectivity index (χ0v) is 12.5. The highest BCUT2D eigenvalue weighted by molar-refractivity contribution is 7.99. The van der Waals surface area contributed by atoms with Crippen LogP contribution >= 0.6 is 11.8 Å². The minimum atomic E-state index is 0.162. The number of benzene rings is 1. The van der Waals surface area contributed by atoms with E-state index in [1.165, 1.54) is 0 Å². The Labute approximate surface area is 119 Å². The van der Waals surface area contributed by atoms with Gasteiger partial charge in [-0.2, -0.15) is 11.8 Å². The van der Waals surface area contributed by atoms with E-state index in [4.69, 9.17) is 0 Å². The molecule has 1 fully saturated rings. The maximum Gasteiger partial charge on any atom is 0.254 e. The van der Waals surface area contributed by atoms with Crippen molar-refractivity contribution in [2.75, 3.05) is 29.9 Å². The highest BCUT2D eigenvalue weighted by atomic mass is 32.2. The largest absolute Gasteiger partial charge is 0.385 e. The van der Waals surface area contributed by atoms with E-state index in [9.17, 15) is 4.79 Å². The van der Waals surface area contributed by atoms with Crippen LogP contribution < -0.4 is 5.32 Å². The summed E-state index contributed by atoms with van der Waals surface area (Å²) in [7, 11) is 0. The molecular weight excluding hydrogens is 256 g/mol. The van der Waals surface area contributed by atoms with Crippen LogP contribution in [0.1, 0.15) is 30.6 Å². The number of thioether (sulfide) groups is 1. The molecule has 3 nitrogen and oxygen atoms in total. The predicted octanol–water partition coefficient (Wildman–Crippen LogP) is 3.09. The fourth-order valence-electron chi connectivity index (χ4n) is 2.19. The lowest BCUT2D eigenvalue weighted by Gasteiger charge is -2.33. The molecule has 0 spiro atoms. The molecule has 1 unspecified atom stereocenters. The summed E-state index contributed by atoms with van der Waals surface area (Å²) in [6, 6.07) is 8.17. The van der Waals surface area contributed by atoms with Gasteiger partial charge in [-0.1, -0.05) is 6.92 Å². The van der Waals surface area contributed by atoms with Crippen molar-refractivity contribution in [3.63, 3.8) is 0 Å². The highest BCUT2D eigenvalue weighted by Gasteiger charge is 2.24. The molecule has 1 aliphatic rings. The number of nitrogens with zero attached hydrogens (tertiary/aromatic N) is 1. The third kappa shape index (κ3) is 3.66. The van der Waals surface area contributed by atoms with Gasteiger partial charge in [0.2, 0.25) is 0 Å².